The number of hydrogen-bond donors (Lipinski definition) is 1. The van der Waals surface area contributed by atoms with Crippen LogP contribution in [0.15, 0.2) is 18.3 Å². The van der Waals surface area contributed by atoms with Crippen LogP contribution in [0, 0.1) is 5.92 Å². The number of hydrogen-bond acceptors (Lipinski definition) is 5. The molecular formula is C13H18N2O3. The molecule has 0 spiro atoms. The van der Waals surface area contributed by atoms with E-state index in [2.05, 4.69) is 14.6 Å². The van der Waals surface area contributed by atoms with Crippen molar-refractivity contribution in [1.82, 2.24) is 4.98 Å². The highest BCUT2D eigenvalue weighted by Gasteiger charge is 2.22. The summed E-state index contributed by atoms with van der Waals surface area (Å²) in [6.45, 7) is 2.11. The number of pyridine rings is 1. The molecule has 18 heavy (non-hydrogen) atoms. The Labute approximate surface area is 106 Å². The SMILES string of the molecule is COC(=O)c1cc(N2CCC(CCO)C2)ccn1. The van der Waals surface area contributed by atoms with Crippen LogP contribution in [0.2, 0.25) is 0 Å². The molecule has 5 heteroatoms. The van der Waals surface area contributed by atoms with Crippen molar-refractivity contribution in [3.05, 3.63) is 24.0 Å². The zero-order valence-corrected chi connectivity index (χ0v) is 10.5. The van der Waals surface area contributed by atoms with E-state index < -0.39 is 5.97 Å². The van der Waals surface area contributed by atoms with Gasteiger partial charge in [-0.3, -0.25) is 0 Å². The summed E-state index contributed by atoms with van der Waals surface area (Å²) in [5.41, 5.74) is 1.33. The van der Waals surface area contributed by atoms with Gasteiger partial charge in [0.05, 0.1) is 7.11 Å². The molecule has 0 bridgehead atoms. The summed E-state index contributed by atoms with van der Waals surface area (Å²) < 4.78 is 4.66. The van der Waals surface area contributed by atoms with Gasteiger partial charge in [-0.1, -0.05) is 0 Å². The first-order valence-electron chi connectivity index (χ1n) is 6.14. The molecule has 1 saturated heterocycles. The third-order valence-electron chi connectivity index (χ3n) is 3.33. The molecule has 0 radical (unpaired) electrons. The monoisotopic (exact) mass is 250 g/mol. The van der Waals surface area contributed by atoms with Crippen molar-refractivity contribution in [2.75, 3.05) is 31.7 Å². The summed E-state index contributed by atoms with van der Waals surface area (Å²) in [4.78, 5) is 17.6. The highest BCUT2D eigenvalue weighted by molar-refractivity contribution is 5.88. The number of aliphatic hydroxyl groups excluding tert-OH is 1. The Hall–Kier alpha value is -1.62. The molecular weight excluding hydrogens is 232 g/mol. The van der Waals surface area contributed by atoms with Gasteiger partial charge in [-0.25, -0.2) is 9.78 Å². The maximum absolute atomic E-state index is 11.4. The lowest BCUT2D eigenvalue weighted by Crippen LogP contribution is -2.20. The van der Waals surface area contributed by atoms with Crippen molar-refractivity contribution >= 4 is 11.7 Å². The average molecular weight is 250 g/mol. The fourth-order valence-corrected chi connectivity index (χ4v) is 2.32. The summed E-state index contributed by atoms with van der Waals surface area (Å²) >= 11 is 0. The van der Waals surface area contributed by atoms with Crippen molar-refractivity contribution in [2.45, 2.75) is 12.8 Å². The van der Waals surface area contributed by atoms with E-state index in [1.165, 1.54) is 7.11 Å². The number of ether oxygens (including phenoxy) is 1. The molecule has 0 aromatic carbocycles. The predicted octanol–water partition coefficient (Wildman–Crippen LogP) is 1.08. The minimum Gasteiger partial charge on any atom is -0.464 e. The van der Waals surface area contributed by atoms with Gasteiger partial charge in [0, 0.05) is 31.6 Å². The quantitative estimate of drug-likeness (QED) is 0.810. The molecule has 0 amide bonds. The van der Waals surface area contributed by atoms with Crippen molar-refractivity contribution < 1.29 is 14.6 Å². The van der Waals surface area contributed by atoms with Gasteiger partial charge in [-0.2, -0.15) is 0 Å². The normalized spacial score (nSPS) is 19.0. The molecule has 0 aliphatic carbocycles. The Bertz CT molecular complexity index is 422. The molecule has 1 aromatic rings. The number of aromatic nitrogens is 1. The Balaban J connectivity index is 2.08. The first kappa shape index (κ1) is 12.8. The number of carbonyl (C=O) groups excluding carboxylic acids is 1. The second kappa shape index (κ2) is 5.82. The summed E-state index contributed by atoms with van der Waals surface area (Å²) in [7, 11) is 1.35. The molecule has 2 rings (SSSR count). The third-order valence-corrected chi connectivity index (χ3v) is 3.33. The minimum atomic E-state index is -0.414. The van der Waals surface area contributed by atoms with E-state index in [1.54, 1.807) is 12.3 Å². The first-order valence-corrected chi connectivity index (χ1v) is 6.14. The molecule has 0 saturated carbocycles. The maximum Gasteiger partial charge on any atom is 0.356 e. The zero-order valence-electron chi connectivity index (χ0n) is 10.5. The van der Waals surface area contributed by atoms with E-state index in [0.717, 1.165) is 31.6 Å². The number of rotatable bonds is 4. The van der Waals surface area contributed by atoms with Gasteiger partial charge in [-0.15, -0.1) is 0 Å². The molecule has 1 aromatic heterocycles. The average Bonchev–Trinajstić information content (AvgIpc) is 2.87. The van der Waals surface area contributed by atoms with Gasteiger partial charge < -0.3 is 14.7 Å². The van der Waals surface area contributed by atoms with Crippen LogP contribution in [0.5, 0.6) is 0 Å². The lowest BCUT2D eigenvalue weighted by molar-refractivity contribution is 0.0594. The Kier molecular flexibility index (Phi) is 4.15. The fourth-order valence-electron chi connectivity index (χ4n) is 2.32. The lowest BCUT2D eigenvalue weighted by atomic mass is 10.1. The Morgan fingerprint density at radius 3 is 3.22 bits per heavy atom. The van der Waals surface area contributed by atoms with Gasteiger partial charge in [-0.05, 0) is 30.9 Å². The summed E-state index contributed by atoms with van der Waals surface area (Å²) in [5.74, 6) is 0.118. The smallest absolute Gasteiger partial charge is 0.356 e. The molecule has 1 atom stereocenters. The standard InChI is InChI=1S/C13H18N2O3/c1-18-13(17)12-8-11(2-5-14-12)15-6-3-10(9-15)4-7-16/h2,5,8,10,16H,3-4,6-7,9H2,1H3. The predicted molar refractivity (Wildman–Crippen MR) is 67.6 cm³/mol. The second-order valence-electron chi connectivity index (χ2n) is 4.50. The van der Waals surface area contributed by atoms with Gasteiger partial charge in [0.25, 0.3) is 0 Å². The van der Waals surface area contributed by atoms with Crippen LogP contribution in [0.3, 0.4) is 0 Å². The van der Waals surface area contributed by atoms with E-state index in [4.69, 9.17) is 5.11 Å². The Morgan fingerprint density at radius 2 is 2.50 bits per heavy atom. The van der Waals surface area contributed by atoms with Gasteiger partial charge in [0.1, 0.15) is 5.69 Å². The molecule has 1 aliphatic heterocycles. The first-order chi connectivity index (χ1) is 8.74. The molecule has 2 heterocycles. The lowest BCUT2D eigenvalue weighted by Gasteiger charge is -2.18. The number of aliphatic hydroxyl groups is 1. The molecule has 1 fully saturated rings. The maximum atomic E-state index is 11.4. The Morgan fingerprint density at radius 1 is 1.67 bits per heavy atom. The fraction of sp³-hybridized carbons (Fsp3) is 0.538. The van der Waals surface area contributed by atoms with E-state index in [-0.39, 0.29) is 6.61 Å². The van der Waals surface area contributed by atoms with Crippen molar-refractivity contribution in [3.8, 4) is 0 Å². The van der Waals surface area contributed by atoms with Crippen molar-refractivity contribution in [1.29, 1.82) is 0 Å². The van der Waals surface area contributed by atoms with Crippen LogP contribution >= 0.6 is 0 Å². The number of anilines is 1. The van der Waals surface area contributed by atoms with Crippen LogP contribution in [0.25, 0.3) is 0 Å². The molecule has 1 N–H and O–H groups in total. The van der Waals surface area contributed by atoms with E-state index in [1.807, 2.05) is 6.07 Å². The van der Waals surface area contributed by atoms with Crippen LogP contribution in [-0.2, 0) is 4.74 Å². The number of nitrogens with zero attached hydrogens (tertiary/aromatic N) is 2. The number of carbonyl (C=O) groups is 1. The highest BCUT2D eigenvalue weighted by Crippen LogP contribution is 2.25. The topological polar surface area (TPSA) is 62.7 Å². The summed E-state index contributed by atoms with van der Waals surface area (Å²) in [6.07, 6.45) is 3.54. The summed E-state index contributed by atoms with van der Waals surface area (Å²) in [5, 5.41) is 8.94. The van der Waals surface area contributed by atoms with Crippen LogP contribution in [-0.4, -0.2) is 42.9 Å². The summed E-state index contributed by atoms with van der Waals surface area (Å²) in [6, 6.07) is 3.65. The second-order valence-corrected chi connectivity index (χ2v) is 4.50. The van der Waals surface area contributed by atoms with Gasteiger partial charge in [0.2, 0.25) is 0 Å². The minimum absolute atomic E-state index is 0.238. The molecule has 1 unspecified atom stereocenters. The van der Waals surface area contributed by atoms with Crippen molar-refractivity contribution in [3.63, 3.8) is 0 Å². The van der Waals surface area contributed by atoms with E-state index >= 15 is 0 Å². The van der Waals surface area contributed by atoms with Crippen LogP contribution in [0.1, 0.15) is 23.3 Å². The van der Waals surface area contributed by atoms with Gasteiger partial charge in [0.15, 0.2) is 0 Å². The number of esters is 1. The van der Waals surface area contributed by atoms with Crippen molar-refractivity contribution in [2.24, 2.45) is 5.92 Å². The highest BCUT2D eigenvalue weighted by atomic mass is 16.5. The largest absolute Gasteiger partial charge is 0.464 e. The van der Waals surface area contributed by atoms with Crippen LogP contribution < -0.4 is 4.90 Å². The van der Waals surface area contributed by atoms with Crippen LogP contribution in [0.4, 0.5) is 5.69 Å². The molecule has 98 valence electrons. The molecule has 5 nitrogen and oxygen atoms in total. The third kappa shape index (κ3) is 2.79. The van der Waals surface area contributed by atoms with Gasteiger partial charge >= 0.3 is 5.97 Å². The zero-order chi connectivity index (χ0) is 13.0. The van der Waals surface area contributed by atoms with E-state index in [0.29, 0.717) is 11.6 Å². The van der Waals surface area contributed by atoms with E-state index in [9.17, 15) is 4.79 Å². The number of methoxy groups -OCH3 is 1. The molecule has 1 aliphatic rings.